The van der Waals surface area contributed by atoms with Crippen LogP contribution < -0.4 is 9.64 Å². The number of rotatable bonds is 3. The summed E-state index contributed by atoms with van der Waals surface area (Å²) in [7, 11) is 0. The molecule has 36 heavy (non-hydrogen) atoms. The lowest BCUT2D eigenvalue weighted by molar-refractivity contribution is -0.132. The summed E-state index contributed by atoms with van der Waals surface area (Å²) in [6, 6.07) is 17.4. The summed E-state index contributed by atoms with van der Waals surface area (Å²) in [5.74, 6) is -0.914. The van der Waals surface area contributed by atoms with Gasteiger partial charge in [-0.05, 0) is 61.4 Å². The van der Waals surface area contributed by atoms with Gasteiger partial charge in [-0.3, -0.25) is 14.5 Å². The lowest BCUT2D eigenvalue weighted by Crippen LogP contribution is -2.29. The predicted octanol–water partition coefficient (Wildman–Crippen LogP) is 6.08. The highest BCUT2D eigenvalue weighted by Gasteiger charge is 2.48. The Balaban J connectivity index is 1.58. The number of aliphatic hydroxyl groups is 1. The monoisotopic (exact) mass is 498 g/mol. The van der Waals surface area contributed by atoms with Gasteiger partial charge in [0.15, 0.2) is 0 Å². The van der Waals surface area contributed by atoms with Crippen molar-refractivity contribution in [1.82, 2.24) is 4.98 Å². The average molecular weight is 499 g/mol. The first-order valence-electron chi connectivity index (χ1n) is 11.8. The zero-order valence-corrected chi connectivity index (χ0v) is 20.5. The molecule has 2 unspecified atom stereocenters. The molecular formula is C29H23ClN2O4. The molecule has 1 amide bonds. The van der Waals surface area contributed by atoms with Crippen LogP contribution in [0.15, 0.2) is 72.4 Å². The maximum absolute atomic E-state index is 13.5. The summed E-state index contributed by atoms with van der Waals surface area (Å²) in [5.41, 5.74) is 4.37. The molecule has 2 atom stereocenters. The number of carbonyl (C=O) groups excluding carboxylic acids is 2. The summed E-state index contributed by atoms with van der Waals surface area (Å²) in [5, 5.41) is 12.9. The molecule has 2 aliphatic rings. The maximum atomic E-state index is 13.5. The van der Waals surface area contributed by atoms with Crippen molar-refractivity contribution in [3.8, 4) is 5.75 Å². The summed E-state index contributed by atoms with van der Waals surface area (Å²) in [4.78, 5) is 31.6. The zero-order chi connectivity index (χ0) is 25.1. The van der Waals surface area contributed by atoms with E-state index in [0.29, 0.717) is 28.3 Å². The molecule has 1 saturated heterocycles. The van der Waals surface area contributed by atoms with Crippen LogP contribution in [-0.4, -0.2) is 27.9 Å². The molecule has 1 aromatic heterocycles. The minimum absolute atomic E-state index is 0.0355. The van der Waals surface area contributed by atoms with Crippen LogP contribution in [0.25, 0.3) is 16.7 Å². The lowest BCUT2D eigenvalue weighted by atomic mass is 9.94. The normalized spacial score (nSPS) is 20.7. The van der Waals surface area contributed by atoms with E-state index >= 15 is 0 Å². The Labute approximate surface area is 212 Å². The van der Waals surface area contributed by atoms with Gasteiger partial charge in [0.1, 0.15) is 17.6 Å². The van der Waals surface area contributed by atoms with Crippen LogP contribution in [0.3, 0.4) is 0 Å². The van der Waals surface area contributed by atoms with E-state index in [0.717, 1.165) is 27.8 Å². The molecule has 3 aromatic carbocycles. The van der Waals surface area contributed by atoms with Gasteiger partial charge in [-0.1, -0.05) is 35.9 Å². The Morgan fingerprint density at radius 2 is 1.92 bits per heavy atom. The number of halogens is 1. The minimum atomic E-state index is -0.844. The number of amides is 1. The number of ether oxygens (including phenoxy) is 1. The average Bonchev–Trinajstić information content (AvgIpc) is 3.53. The van der Waals surface area contributed by atoms with Crippen molar-refractivity contribution in [2.75, 3.05) is 4.90 Å². The molecule has 0 saturated carbocycles. The number of anilines is 1. The third kappa shape index (κ3) is 3.40. The summed E-state index contributed by atoms with van der Waals surface area (Å²) < 4.78 is 5.79. The summed E-state index contributed by atoms with van der Waals surface area (Å²) in [6.07, 6.45) is 2.54. The highest BCUT2D eigenvalue weighted by molar-refractivity contribution is 6.52. The third-order valence-corrected chi connectivity index (χ3v) is 7.37. The summed E-state index contributed by atoms with van der Waals surface area (Å²) >= 11 is 6.40. The van der Waals surface area contributed by atoms with Crippen molar-refractivity contribution in [1.29, 1.82) is 0 Å². The van der Waals surface area contributed by atoms with Crippen LogP contribution in [0, 0.1) is 6.92 Å². The lowest BCUT2D eigenvalue weighted by Gasteiger charge is -2.25. The Hall–Kier alpha value is -4.03. The second-order valence-electron chi connectivity index (χ2n) is 9.35. The molecule has 7 heteroatoms. The molecule has 180 valence electrons. The van der Waals surface area contributed by atoms with Gasteiger partial charge in [-0.2, -0.15) is 0 Å². The summed E-state index contributed by atoms with van der Waals surface area (Å²) in [6.45, 7) is 3.85. The number of benzene rings is 3. The van der Waals surface area contributed by atoms with Crippen LogP contribution in [0.4, 0.5) is 5.69 Å². The Bertz CT molecular complexity index is 1600. The molecule has 1 fully saturated rings. The quantitative estimate of drug-likeness (QED) is 0.204. The van der Waals surface area contributed by atoms with Crippen LogP contribution in [0.2, 0.25) is 5.02 Å². The van der Waals surface area contributed by atoms with Gasteiger partial charge in [-0.25, -0.2) is 0 Å². The number of nitrogens with one attached hydrogen (secondary N) is 1. The van der Waals surface area contributed by atoms with Crippen LogP contribution >= 0.6 is 11.6 Å². The van der Waals surface area contributed by atoms with Crippen LogP contribution in [0.1, 0.15) is 35.2 Å². The molecule has 6 rings (SSSR count). The van der Waals surface area contributed by atoms with E-state index in [9.17, 15) is 14.7 Å². The number of fused-ring (bicyclic) bond motifs is 2. The molecule has 2 aliphatic heterocycles. The highest BCUT2D eigenvalue weighted by atomic mass is 35.5. The number of ketones is 1. The van der Waals surface area contributed by atoms with Gasteiger partial charge in [-0.15, -0.1) is 0 Å². The number of hydrogen-bond donors (Lipinski definition) is 2. The van der Waals surface area contributed by atoms with Gasteiger partial charge >= 0.3 is 0 Å². The van der Waals surface area contributed by atoms with Crippen molar-refractivity contribution in [2.24, 2.45) is 0 Å². The number of aromatic amines is 1. The Morgan fingerprint density at radius 3 is 2.72 bits per heavy atom. The van der Waals surface area contributed by atoms with Crippen molar-refractivity contribution in [2.45, 2.75) is 32.4 Å². The van der Waals surface area contributed by atoms with Gasteiger partial charge in [0.05, 0.1) is 11.6 Å². The third-order valence-electron chi connectivity index (χ3n) is 6.96. The molecule has 2 N–H and O–H groups in total. The number of aryl methyl sites for hydroxylation is 1. The van der Waals surface area contributed by atoms with Gasteiger partial charge in [0, 0.05) is 45.4 Å². The molecule has 0 spiro atoms. The number of aliphatic hydroxyl groups excluding tert-OH is 1. The molecule has 0 bridgehead atoms. The minimum Gasteiger partial charge on any atom is -0.507 e. The number of para-hydroxylation sites is 1. The molecule has 3 heterocycles. The van der Waals surface area contributed by atoms with E-state index in [1.807, 2.05) is 50.2 Å². The number of carbonyl (C=O) groups is 2. The smallest absolute Gasteiger partial charge is 0.300 e. The van der Waals surface area contributed by atoms with E-state index < -0.39 is 17.7 Å². The second-order valence-corrected chi connectivity index (χ2v) is 9.75. The van der Waals surface area contributed by atoms with E-state index in [1.54, 1.807) is 30.5 Å². The van der Waals surface area contributed by atoms with E-state index in [1.165, 1.54) is 4.90 Å². The van der Waals surface area contributed by atoms with Crippen molar-refractivity contribution in [3.63, 3.8) is 0 Å². The van der Waals surface area contributed by atoms with Crippen molar-refractivity contribution >= 4 is 45.6 Å². The van der Waals surface area contributed by atoms with Gasteiger partial charge < -0.3 is 14.8 Å². The molecule has 0 radical (unpaired) electrons. The topological polar surface area (TPSA) is 82.6 Å². The fourth-order valence-corrected chi connectivity index (χ4v) is 5.34. The SMILES string of the molecule is Cc1ccc(N2C(=O)C(=O)/C(=C(/O)c3ccc4c(c3)CC(C)O4)C2c2c[nH]c3ccccc23)cc1Cl. The second kappa shape index (κ2) is 8.28. The number of Topliss-reactive ketones (excluding diaryl/α,β-unsaturated/α-hetero) is 1. The maximum Gasteiger partial charge on any atom is 0.300 e. The Morgan fingerprint density at radius 1 is 1.11 bits per heavy atom. The largest absolute Gasteiger partial charge is 0.507 e. The number of hydrogen-bond acceptors (Lipinski definition) is 4. The van der Waals surface area contributed by atoms with Crippen molar-refractivity contribution in [3.05, 3.63) is 99.7 Å². The number of nitrogens with zero attached hydrogens (tertiary/aromatic N) is 1. The van der Waals surface area contributed by atoms with Crippen LogP contribution in [0.5, 0.6) is 5.75 Å². The highest BCUT2D eigenvalue weighted by Crippen LogP contribution is 2.45. The molecule has 6 nitrogen and oxygen atoms in total. The van der Waals surface area contributed by atoms with E-state index in [-0.39, 0.29) is 17.4 Å². The first-order chi connectivity index (χ1) is 17.3. The van der Waals surface area contributed by atoms with Gasteiger partial charge in [0.25, 0.3) is 11.7 Å². The fraction of sp³-hybridized carbons (Fsp3) is 0.172. The molecular weight excluding hydrogens is 476 g/mol. The molecule has 0 aliphatic carbocycles. The fourth-order valence-electron chi connectivity index (χ4n) is 5.17. The Kier molecular flexibility index (Phi) is 5.16. The standard InChI is InChI=1S/C29H23ClN2O4/c1-15-7-9-19(13-22(15)30)32-26(21-14-31-23-6-4-3-5-20(21)23)25(28(34)29(32)35)27(33)17-8-10-24-18(12-17)11-16(2)36-24/h3-10,12-14,16,26,31,33H,11H2,1-2H3/b27-25+. The number of H-pyrrole nitrogens is 1. The predicted molar refractivity (Wildman–Crippen MR) is 140 cm³/mol. The number of aromatic nitrogens is 1. The van der Waals surface area contributed by atoms with E-state index in [2.05, 4.69) is 4.98 Å². The van der Waals surface area contributed by atoms with E-state index in [4.69, 9.17) is 16.3 Å². The molecule has 4 aromatic rings. The zero-order valence-electron chi connectivity index (χ0n) is 19.7. The first kappa shape index (κ1) is 22.4. The van der Waals surface area contributed by atoms with Gasteiger partial charge in [0.2, 0.25) is 0 Å². The van der Waals surface area contributed by atoms with Crippen LogP contribution in [-0.2, 0) is 16.0 Å². The first-order valence-corrected chi connectivity index (χ1v) is 12.1. The van der Waals surface area contributed by atoms with Crippen molar-refractivity contribution < 1.29 is 19.4 Å².